The van der Waals surface area contributed by atoms with Gasteiger partial charge in [-0.15, -0.1) is 0 Å². The van der Waals surface area contributed by atoms with Gasteiger partial charge in [0.2, 0.25) is 0 Å². The molecule has 1 aromatic rings. The van der Waals surface area contributed by atoms with Crippen LogP contribution in [0.25, 0.3) is 0 Å². The molecule has 4 heteroatoms. The maximum absolute atomic E-state index is 5.88. The first-order chi connectivity index (χ1) is 7.92. The van der Waals surface area contributed by atoms with Crippen molar-refractivity contribution in [2.24, 2.45) is 0 Å². The highest BCUT2D eigenvalue weighted by Gasteiger charge is 2.15. The second-order valence-electron chi connectivity index (χ2n) is 4.76. The van der Waals surface area contributed by atoms with E-state index in [1.165, 1.54) is 0 Å². The Kier molecular flexibility index (Phi) is 5.79. The average Bonchev–Trinajstić information content (AvgIpc) is 2.20. The molecule has 2 nitrogen and oxygen atoms in total. The summed E-state index contributed by atoms with van der Waals surface area (Å²) in [5.41, 5.74) is -0.208. The van der Waals surface area contributed by atoms with E-state index in [1.807, 2.05) is 39.0 Å². The van der Waals surface area contributed by atoms with Gasteiger partial charge in [0.1, 0.15) is 5.60 Å². The zero-order valence-electron chi connectivity index (χ0n) is 10.5. The molecule has 0 aliphatic rings. The van der Waals surface area contributed by atoms with Gasteiger partial charge in [0, 0.05) is 13.8 Å². The Labute approximate surface area is 121 Å². The standard InChI is InChI=1S/C13H18IO2Si/c1-13(2,3)16-11-6-5-10(14)9-12(11)15-7-4-8-17/h5-6,9H,4,7-8H2,1-3H3. The Morgan fingerprint density at radius 1 is 1.24 bits per heavy atom. The van der Waals surface area contributed by atoms with Crippen LogP contribution in [-0.4, -0.2) is 22.5 Å². The van der Waals surface area contributed by atoms with E-state index < -0.39 is 0 Å². The molecule has 17 heavy (non-hydrogen) atoms. The molecule has 0 aliphatic carbocycles. The largest absolute Gasteiger partial charge is 0.490 e. The van der Waals surface area contributed by atoms with Crippen LogP contribution in [0.2, 0.25) is 6.04 Å². The Morgan fingerprint density at radius 2 is 1.94 bits per heavy atom. The zero-order chi connectivity index (χ0) is 12.9. The summed E-state index contributed by atoms with van der Waals surface area (Å²) in [7, 11) is 3.44. The number of rotatable bonds is 5. The molecule has 0 saturated carbocycles. The molecular weight excluding hydrogens is 343 g/mol. The first-order valence-electron chi connectivity index (χ1n) is 5.68. The van der Waals surface area contributed by atoms with E-state index in [2.05, 4.69) is 32.8 Å². The van der Waals surface area contributed by atoms with Gasteiger partial charge < -0.3 is 9.47 Å². The minimum atomic E-state index is -0.208. The van der Waals surface area contributed by atoms with Crippen molar-refractivity contribution in [1.29, 1.82) is 0 Å². The lowest BCUT2D eigenvalue weighted by molar-refractivity contribution is 0.123. The van der Waals surface area contributed by atoms with Crippen LogP contribution in [-0.2, 0) is 0 Å². The quantitative estimate of drug-likeness (QED) is 0.451. The molecule has 1 aromatic carbocycles. The minimum absolute atomic E-state index is 0.208. The molecule has 0 aliphatic heterocycles. The van der Waals surface area contributed by atoms with E-state index in [9.17, 15) is 0 Å². The first-order valence-corrected chi connectivity index (χ1v) is 7.47. The highest BCUT2D eigenvalue weighted by atomic mass is 127. The molecule has 0 N–H and O–H groups in total. The molecule has 0 fully saturated rings. The van der Waals surface area contributed by atoms with Crippen molar-refractivity contribution >= 4 is 32.8 Å². The monoisotopic (exact) mass is 361 g/mol. The second kappa shape index (κ2) is 6.63. The number of ether oxygens (including phenoxy) is 2. The molecule has 0 aromatic heterocycles. The third-order valence-electron chi connectivity index (χ3n) is 1.90. The molecular formula is C13H18IO2Si. The van der Waals surface area contributed by atoms with Crippen molar-refractivity contribution in [2.45, 2.75) is 38.8 Å². The predicted octanol–water partition coefficient (Wildman–Crippen LogP) is 3.82. The summed E-state index contributed by atoms with van der Waals surface area (Å²) in [4.78, 5) is 0. The Bertz CT molecular complexity index is 361. The molecule has 3 radical (unpaired) electrons. The molecule has 0 amide bonds. The Hall–Kier alpha value is -0.233. The van der Waals surface area contributed by atoms with Crippen molar-refractivity contribution in [1.82, 2.24) is 0 Å². The van der Waals surface area contributed by atoms with Crippen molar-refractivity contribution in [3.8, 4) is 11.5 Å². The Morgan fingerprint density at radius 3 is 2.53 bits per heavy atom. The molecule has 0 heterocycles. The van der Waals surface area contributed by atoms with E-state index in [-0.39, 0.29) is 5.60 Å². The third-order valence-corrected chi connectivity index (χ3v) is 2.93. The highest BCUT2D eigenvalue weighted by molar-refractivity contribution is 14.1. The average molecular weight is 361 g/mol. The molecule has 0 spiro atoms. The van der Waals surface area contributed by atoms with Crippen LogP contribution in [0, 0.1) is 3.57 Å². The van der Waals surface area contributed by atoms with E-state index >= 15 is 0 Å². The lowest BCUT2D eigenvalue weighted by Gasteiger charge is -2.23. The van der Waals surface area contributed by atoms with E-state index in [0.717, 1.165) is 27.5 Å². The SMILES string of the molecule is CC(C)(C)Oc1ccc(I)cc1OCCC[Si]. The summed E-state index contributed by atoms with van der Waals surface area (Å²) in [5.74, 6) is 1.64. The predicted molar refractivity (Wildman–Crippen MR) is 80.2 cm³/mol. The van der Waals surface area contributed by atoms with Crippen LogP contribution < -0.4 is 9.47 Å². The third kappa shape index (κ3) is 5.77. The van der Waals surface area contributed by atoms with E-state index in [1.54, 1.807) is 0 Å². The van der Waals surface area contributed by atoms with Gasteiger partial charge in [-0.1, -0.05) is 6.04 Å². The van der Waals surface area contributed by atoms with E-state index in [4.69, 9.17) is 9.47 Å². The van der Waals surface area contributed by atoms with Crippen LogP contribution in [0.15, 0.2) is 18.2 Å². The second-order valence-corrected chi connectivity index (χ2v) is 6.50. The fourth-order valence-electron chi connectivity index (χ4n) is 1.26. The van der Waals surface area contributed by atoms with Gasteiger partial charge in [-0.2, -0.15) is 0 Å². The van der Waals surface area contributed by atoms with Gasteiger partial charge in [-0.3, -0.25) is 0 Å². The smallest absolute Gasteiger partial charge is 0.162 e. The van der Waals surface area contributed by atoms with Gasteiger partial charge >= 0.3 is 0 Å². The van der Waals surface area contributed by atoms with E-state index in [0.29, 0.717) is 6.61 Å². The van der Waals surface area contributed by atoms with Gasteiger partial charge in [0.15, 0.2) is 11.5 Å². The molecule has 1 rings (SSSR count). The van der Waals surface area contributed by atoms with Crippen LogP contribution in [0.1, 0.15) is 27.2 Å². The normalized spacial score (nSPS) is 11.4. The van der Waals surface area contributed by atoms with Crippen LogP contribution in [0.3, 0.4) is 0 Å². The minimum Gasteiger partial charge on any atom is -0.490 e. The maximum atomic E-state index is 5.88. The number of hydrogen-bond donors (Lipinski definition) is 0. The fraction of sp³-hybridized carbons (Fsp3) is 0.538. The summed E-state index contributed by atoms with van der Waals surface area (Å²) in [6, 6.07) is 6.95. The van der Waals surface area contributed by atoms with Crippen molar-refractivity contribution < 1.29 is 9.47 Å². The van der Waals surface area contributed by atoms with Crippen molar-refractivity contribution in [3.63, 3.8) is 0 Å². The zero-order valence-corrected chi connectivity index (χ0v) is 13.7. The van der Waals surface area contributed by atoms with Crippen molar-refractivity contribution in [3.05, 3.63) is 21.8 Å². The summed E-state index contributed by atoms with van der Waals surface area (Å²) < 4.78 is 12.8. The summed E-state index contributed by atoms with van der Waals surface area (Å²) in [6.45, 7) is 6.80. The van der Waals surface area contributed by atoms with Crippen LogP contribution >= 0.6 is 22.6 Å². The lowest BCUT2D eigenvalue weighted by Crippen LogP contribution is -2.23. The molecule has 0 saturated heterocycles. The van der Waals surface area contributed by atoms with Gasteiger partial charge in [0.25, 0.3) is 0 Å². The van der Waals surface area contributed by atoms with Crippen LogP contribution in [0.4, 0.5) is 0 Å². The number of halogens is 1. The number of benzene rings is 1. The lowest BCUT2D eigenvalue weighted by atomic mass is 10.2. The summed E-state index contributed by atoms with van der Waals surface area (Å²) in [5, 5.41) is 0. The number of hydrogen-bond acceptors (Lipinski definition) is 2. The van der Waals surface area contributed by atoms with Crippen LogP contribution in [0.5, 0.6) is 11.5 Å². The van der Waals surface area contributed by atoms with Gasteiger partial charge in [-0.25, -0.2) is 0 Å². The summed E-state index contributed by atoms with van der Waals surface area (Å²) >= 11 is 2.28. The van der Waals surface area contributed by atoms with Gasteiger partial charge in [-0.05, 0) is 68.0 Å². The molecule has 0 atom stereocenters. The molecule has 93 valence electrons. The summed E-state index contributed by atoms with van der Waals surface area (Å²) in [6.07, 6.45) is 0.983. The first kappa shape index (κ1) is 14.8. The topological polar surface area (TPSA) is 18.5 Å². The molecule has 0 unspecified atom stereocenters. The highest BCUT2D eigenvalue weighted by Crippen LogP contribution is 2.31. The van der Waals surface area contributed by atoms with Gasteiger partial charge in [0.05, 0.1) is 6.61 Å². The maximum Gasteiger partial charge on any atom is 0.162 e. The Balaban J connectivity index is 2.80. The molecule has 0 bridgehead atoms. The fourth-order valence-corrected chi connectivity index (χ4v) is 1.87. The van der Waals surface area contributed by atoms with Crippen molar-refractivity contribution in [2.75, 3.05) is 6.61 Å².